The molecule has 1 rings (SSSR count). The summed E-state index contributed by atoms with van der Waals surface area (Å²) >= 11 is 1.89. The summed E-state index contributed by atoms with van der Waals surface area (Å²) in [5, 5.41) is 9.29. The van der Waals surface area contributed by atoms with Crippen molar-refractivity contribution in [2.24, 2.45) is 0 Å². The third kappa shape index (κ3) is 11.2. The van der Waals surface area contributed by atoms with E-state index in [4.69, 9.17) is 0 Å². The van der Waals surface area contributed by atoms with Crippen LogP contribution in [0.15, 0.2) is 35.2 Å². The summed E-state index contributed by atoms with van der Waals surface area (Å²) in [7, 11) is -1.22. The van der Waals surface area contributed by atoms with Gasteiger partial charge in [0.15, 0.2) is 0 Å². The fourth-order valence-electron chi connectivity index (χ4n) is 4.61. The minimum absolute atomic E-state index is 0.000151. The van der Waals surface area contributed by atoms with E-state index in [9.17, 15) is 9.90 Å². The van der Waals surface area contributed by atoms with Crippen LogP contribution in [0.4, 0.5) is 0 Å². The Balaban J connectivity index is 2.85. The van der Waals surface area contributed by atoms with E-state index in [0.717, 1.165) is 12.8 Å². The number of carboxylic acid groups (broad SMARTS) is 1. The van der Waals surface area contributed by atoms with E-state index in [-0.39, 0.29) is 11.2 Å². The average molecular weight is 455 g/mol. The van der Waals surface area contributed by atoms with Crippen LogP contribution in [-0.4, -0.2) is 40.5 Å². The van der Waals surface area contributed by atoms with Crippen LogP contribution in [0.2, 0.25) is 0 Å². The van der Waals surface area contributed by atoms with Gasteiger partial charge in [-0.2, -0.15) is 0 Å². The van der Waals surface area contributed by atoms with Crippen molar-refractivity contribution in [3.8, 4) is 0 Å². The zero-order valence-corrected chi connectivity index (χ0v) is 21.9. The van der Waals surface area contributed by atoms with Gasteiger partial charge in [0.2, 0.25) is 0 Å². The van der Waals surface area contributed by atoms with Crippen LogP contribution < -0.4 is 0 Å². The summed E-state index contributed by atoms with van der Waals surface area (Å²) in [6.07, 6.45) is 17.5. The molecule has 174 valence electrons. The first-order valence-electron chi connectivity index (χ1n) is 12.3. The molecule has 0 spiro atoms. The summed E-state index contributed by atoms with van der Waals surface area (Å²) < 4.78 is 0.000151. The van der Waals surface area contributed by atoms with E-state index < -0.39 is 13.2 Å². The summed E-state index contributed by atoms with van der Waals surface area (Å²) in [5.41, 5.74) is 0. The number of aliphatic carboxylic acids is 1. The molecule has 0 saturated carbocycles. The molecule has 1 atom stereocenters. The number of carboxylic acids is 1. The average Bonchev–Trinajstić information content (AvgIpc) is 2.74. The number of benzene rings is 1. The summed E-state index contributed by atoms with van der Waals surface area (Å²) in [4.78, 5) is 12.5. The molecule has 0 fully saturated rings. The summed E-state index contributed by atoms with van der Waals surface area (Å²) in [5.74, 6) is -0.674. The normalized spacial score (nSPS) is 14.4. The molecule has 1 N–H and O–H groups in total. The number of rotatable bonds is 18. The van der Waals surface area contributed by atoms with Crippen LogP contribution in [-0.2, 0) is 4.79 Å². The second kappa shape index (κ2) is 15.3. The molecule has 1 unspecified atom stereocenters. The van der Waals surface area contributed by atoms with E-state index in [1.165, 1.54) is 74.5 Å². The fraction of sp³-hybridized carbons (Fsp3) is 0.731. The molecule has 30 heavy (non-hydrogen) atoms. The van der Waals surface area contributed by atoms with E-state index in [1.54, 1.807) is 0 Å². The topological polar surface area (TPSA) is 37.3 Å². The van der Waals surface area contributed by atoms with Crippen LogP contribution in [0.1, 0.15) is 91.9 Å². The molecule has 2 nitrogen and oxygen atoms in total. The van der Waals surface area contributed by atoms with Crippen molar-refractivity contribution in [2.75, 3.05) is 24.6 Å². The van der Waals surface area contributed by atoms with Crippen molar-refractivity contribution in [3.05, 3.63) is 30.3 Å². The monoisotopic (exact) mass is 454 g/mol. The number of hydrogen-bond acceptors (Lipinski definition) is 2. The molecule has 0 aliphatic rings. The van der Waals surface area contributed by atoms with Crippen LogP contribution >= 0.6 is 19.0 Å². The van der Waals surface area contributed by atoms with E-state index in [0.29, 0.717) is 0 Å². The Morgan fingerprint density at radius 3 is 1.83 bits per heavy atom. The molecule has 1 aromatic rings. The quantitative estimate of drug-likeness (QED) is 0.179. The number of hydrogen-bond donors (Lipinski definition) is 1. The standard InChI is InChI=1S/C26H47O2PS/c1-5-8-20-29(21-9-6-2,22-10-7-3)23-14-18-26(4,19-17-25(27)28)30-24-15-12-11-13-16-24/h11-13,15-16,29H,5-10,14,17-23H2,1-4H3,(H,27,28). The maximum absolute atomic E-state index is 11.3. The maximum atomic E-state index is 11.3. The molecular weight excluding hydrogens is 407 g/mol. The predicted molar refractivity (Wildman–Crippen MR) is 139 cm³/mol. The SMILES string of the molecule is CCCC[PH](CCCC)(CCCC)CCCC(C)(CCC(=O)O)Sc1ccccc1. The van der Waals surface area contributed by atoms with Crippen molar-refractivity contribution < 1.29 is 9.90 Å². The van der Waals surface area contributed by atoms with Crippen molar-refractivity contribution in [3.63, 3.8) is 0 Å². The van der Waals surface area contributed by atoms with Gasteiger partial charge in [-0.1, -0.05) is 0 Å². The molecule has 0 saturated heterocycles. The molecule has 0 amide bonds. The van der Waals surface area contributed by atoms with Crippen molar-refractivity contribution >= 4 is 25.0 Å². The third-order valence-corrected chi connectivity index (χ3v) is 13.6. The molecule has 0 aliphatic heterocycles. The second-order valence-electron chi connectivity index (χ2n) is 9.42. The van der Waals surface area contributed by atoms with Crippen LogP contribution in [0.3, 0.4) is 0 Å². The Morgan fingerprint density at radius 2 is 1.37 bits per heavy atom. The molecule has 1 aromatic carbocycles. The van der Waals surface area contributed by atoms with Gasteiger partial charge in [-0.3, -0.25) is 0 Å². The Kier molecular flexibility index (Phi) is 14.0. The molecule has 0 aliphatic carbocycles. The van der Waals surface area contributed by atoms with Crippen molar-refractivity contribution in [2.45, 2.75) is 102 Å². The van der Waals surface area contributed by atoms with Gasteiger partial charge in [0.05, 0.1) is 0 Å². The van der Waals surface area contributed by atoms with Crippen LogP contribution in [0.5, 0.6) is 0 Å². The first-order chi connectivity index (χ1) is 14.4. The zero-order valence-electron chi connectivity index (χ0n) is 20.0. The molecule has 4 heteroatoms. The van der Waals surface area contributed by atoms with Gasteiger partial charge in [-0.25, -0.2) is 0 Å². The molecule has 0 bridgehead atoms. The van der Waals surface area contributed by atoms with Gasteiger partial charge >= 0.3 is 191 Å². The Morgan fingerprint density at radius 1 is 0.867 bits per heavy atom. The van der Waals surface area contributed by atoms with E-state index in [1.807, 2.05) is 17.8 Å². The third-order valence-electron chi connectivity index (χ3n) is 6.57. The minimum atomic E-state index is -1.22. The van der Waals surface area contributed by atoms with Gasteiger partial charge in [0, 0.05) is 0 Å². The zero-order chi connectivity index (χ0) is 22.3. The Hall–Kier alpha value is -0.530. The first-order valence-corrected chi connectivity index (χ1v) is 16.0. The Bertz CT molecular complexity index is 556. The van der Waals surface area contributed by atoms with E-state index in [2.05, 4.69) is 52.0 Å². The summed E-state index contributed by atoms with van der Waals surface area (Å²) in [6.45, 7) is 9.29. The fourth-order valence-corrected chi connectivity index (χ4v) is 11.7. The van der Waals surface area contributed by atoms with Crippen LogP contribution in [0.25, 0.3) is 0 Å². The van der Waals surface area contributed by atoms with Crippen LogP contribution in [0, 0.1) is 0 Å². The molecular formula is C26H47O2PS. The number of carbonyl (C=O) groups is 1. The van der Waals surface area contributed by atoms with Gasteiger partial charge in [-0.05, 0) is 0 Å². The molecule has 0 aromatic heterocycles. The Labute approximate surface area is 191 Å². The molecule has 0 heterocycles. The molecule has 0 radical (unpaired) electrons. The van der Waals surface area contributed by atoms with Gasteiger partial charge in [0.25, 0.3) is 0 Å². The number of unbranched alkanes of at least 4 members (excludes halogenated alkanes) is 3. The summed E-state index contributed by atoms with van der Waals surface area (Å²) in [6, 6.07) is 10.5. The first kappa shape index (κ1) is 27.5. The van der Waals surface area contributed by atoms with E-state index >= 15 is 0 Å². The van der Waals surface area contributed by atoms with Crippen molar-refractivity contribution in [1.82, 2.24) is 0 Å². The second-order valence-corrected chi connectivity index (χ2v) is 16.1. The van der Waals surface area contributed by atoms with Crippen molar-refractivity contribution in [1.29, 1.82) is 0 Å². The van der Waals surface area contributed by atoms with Gasteiger partial charge in [-0.15, -0.1) is 0 Å². The van der Waals surface area contributed by atoms with Gasteiger partial charge in [0.1, 0.15) is 0 Å². The predicted octanol–water partition coefficient (Wildman–Crippen LogP) is 8.33. The van der Waals surface area contributed by atoms with Gasteiger partial charge < -0.3 is 0 Å². The number of thioether (sulfide) groups is 1.